The first kappa shape index (κ1) is 24.6. The van der Waals surface area contributed by atoms with Gasteiger partial charge < -0.3 is 4.57 Å². The molecule has 1 aliphatic rings. The zero-order valence-corrected chi connectivity index (χ0v) is 21.7. The Bertz CT molecular complexity index is 1640. The van der Waals surface area contributed by atoms with Crippen LogP contribution in [-0.2, 0) is 19.8 Å². The van der Waals surface area contributed by atoms with Crippen LogP contribution >= 0.6 is 11.6 Å². The van der Waals surface area contributed by atoms with Gasteiger partial charge in [0.1, 0.15) is 11.5 Å². The minimum absolute atomic E-state index is 0.0770. The molecule has 1 aromatic carbocycles. The number of aryl methyl sites for hydroxylation is 1. The maximum Gasteiger partial charge on any atom is 0.434 e. The molecule has 4 heterocycles. The third kappa shape index (κ3) is 4.34. The third-order valence-corrected chi connectivity index (χ3v) is 6.92. The van der Waals surface area contributed by atoms with Crippen LogP contribution in [0.1, 0.15) is 55.6 Å². The lowest BCUT2D eigenvalue weighted by atomic mass is 10.1. The van der Waals surface area contributed by atoms with Gasteiger partial charge in [0, 0.05) is 37.0 Å². The molecule has 1 saturated carbocycles. The molecule has 38 heavy (non-hydrogen) atoms. The van der Waals surface area contributed by atoms with Crippen molar-refractivity contribution >= 4 is 22.6 Å². The number of rotatable bonds is 6. The number of imidazole rings is 1. The van der Waals surface area contributed by atoms with Gasteiger partial charge in [-0.1, -0.05) is 35.9 Å². The van der Waals surface area contributed by atoms with Gasteiger partial charge in [-0.05, 0) is 32.3 Å². The molecule has 0 N–H and O–H groups in total. The van der Waals surface area contributed by atoms with Crippen LogP contribution in [0.4, 0.5) is 13.2 Å². The van der Waals surface area contributed by atoms with Gasteiger partial charge in [0.15, 0.2) is 17.2 Å². The van der Waals surface area contributed by atoms with Crippen molar-refractivity contribution in [3.63, 3.8) is 0 Å². The van der Waals surface area contributed by atoms with Crippen molar-refractivity contribution in [1.29, 1.82) is 0 Å². The van der Waals surface area contributed by atoms with Crippen molar-refractivity contribution in [3.8, 4) is 22.9 Å². The summed E-state index contributed by atoms with van der Waals surface area (Å²) in [6.45, 7) is 4.46. The zero-order valence-electron chi connectivity index (χ0n) is 20.9. The van der Waals surface area contributed by atoms with E-state index in [1.165, 1.54) is 4.57 Å². The second-order valence-corrected chi connectivity index (χ2v) is 10.3. The Morgan fingerprint density at radius 3 is 2.45 bits per heavy atom. The number of nitrogens with zero attached hydrogens (tertiary/aromatic N) is 8. The first-order chi connectivity index (χ1) is 18.1. The summed E-state index contributed by atoms with van der Waals surface area (Å²) in [5, 5.41) is 10.7. The fourth-order valence-corrected chi connectivity index (χ4v) is 4.82. The molecule has 4 aromatic heterocycles. The summed E-state index contributed by atoms with van der Waals surface area (Å²) < 4.78 is 44.3. The van der Waals surface area contributed by atoms with Gasteiger partial charge in [0.2, 0.25) is 0 Å². The molecule has 0 radical (unpaired) electrons. The molecule has 196 valence electrons. The highest BCUT2D eigenvalue weighted by atomic mass is 35.5. The van der Waals surface area contributed by atoms with Crippen LogP contribution in [-0.4, -0.2) is 39.1 Å². The van der Waals surface area contributed by atoms with E-state index in [9.17, 15) is 13.2 Å². The maximum absolute atomic E-state index is 13.1. The van der Waals surface area contributed by atoms with Gasteiger partial charge in [0.05, 0.1) is 28.8 Å². The molecule has 1 aliphatic carbocycles. The van der Waals surface area contributed by atoms with E-state index in [2.05, 4.69) is 15.1 Å². The standard InChI is InChI=1S/C26H24ClF3N8/c1-14(2)38-22(19(27)11-32-38)23-31-10-18-21(16-8-9-16)35-37(25(18)34-23)12-15-4-6-17(7-5-15)24-33-20(13-36(24)3)26(28,29)30/h4-7,10-11,13-14,16H,8-9,12H2,1-3H3. The summed E-state index contributed by atoms with van der Waals surface area (Å²) in [6, 6.07) is 7.36. The quantitative estimate of drug-likeness (QED) is 0.254. The highest BCUT2D eigenvalue weighted by molar-refractivity contribution is 6.32. The van der Waals surface area contributed by atoms with Crippen molar-refractivity contribution in [1.82, 2.24) is 39.1 Å². The van der Waals surface area contributed by atoms with Crippen molar-refractivity contribution < 1.29 is 13.2 Å². The highest BCUT2D eigenvalue weighted by Gasteiger charge is 2.34. The minimum atomic E-state index is -4.49. The maximum atomic E-state index is 13.1. The monoisotopic (exact) mass is 540 g/mol. The molecule has 12 heteroatoms. The van der Waals surface area contributed by atoms with Gasteiger partial charge in [-0.2, -0.15) is 23.4 Å². The van der Waals surface area contributed by atoms with Crippen LogP contribution in [0, 0.1) is 0 Å². The van der Waals surface area contributed by atoms with E-state index in [4.69, 9.17) is 21.7 Å². The Morgan fingerprint density at radius 2 is 1.82 bits per heavy atom. The molecule has 0 aliphatic heterocycles. The van der Waals surface area contributed by atoms with Gasteiger partial charge in [-0.3, -0.25) is 4.68 Å². The Balaban J connectivity index is 1.36. The molecule has 0 amide bonds. The molecule has 5 aromatic rings. The third-order valence-electron chi connectivity index (χ3n) is 6.64. The molecule has 6 rings (SSSR count). The SMILES string of the molecule is CC(C)n1ncc(Cl)c1-c1ncc2c(C3CC3)nn(Cc3ccc(-c4nc(C(F)(F)F)cn4C)cc3)c2n1. The molecular weight excluding hydrogens is 517 g/mol. The molecule has 0 atom stereocenters. The Kier molecular flexibility index (Phi) is 5.78. The number of hydrogen-bond donors (Lipinski definition) is 0. The van der Waals surface area contributed by atoms with E-state index in [1.54, 1.807) is 30.1 Å². The van der Waals surface area contributed by atoms with Crippen LogP contribution in [0.15, 0.2) is 42.9 Å². The van der Waals surface area contributed by atoms with Crippen molar-refractivity contribution in [2.75, 3.05) is 0 Å². The summed E-state index contributed by atoms with van der Waals surface area (Å²) in [7, 11) is 1.55. The molecule has 0 unspecified atom stereocenters. The highest BCUT2D eigenvalue weighted by Crippen LogP contribution is 2.42. The van der Waals surface area contributed by atoms with E-state index in [0.29, 0.717) is 40.2 Å². The molecule has 0 spiro atoms. The minimum Gasteiger partial charge on any atom is -0.333 e. The molecule has 1 fully saturated rings. The molecule has 0 saturated heterocycles. The lowest BCUT2D eigenvalue weighted by Gasteiger charge is -2.11. The van der Waals surface area contributed by atoms with Gasteiger partial charge in [-0.25, -0.2) is 19.6 Å². The van der Waals surface area contributed by atoms with Crippen molar-refractivity contribution in [3.05, 3.63) is 64.8 Å². The first-order valence-electron chi connectivity index (χ1n) is 12.3. The number of aromatic nitrogens is 8. The van der Waals surface area contributed by atoms with Gasteiger partial charge in [-0.15, -0.1) is 0 Å². The second kappa shape index (κ2) is 8.93. The normalized spacial score (nSPS) is 14.2. The summed E-state index contributed by atoms with van der Waals surface area (Å²) in [5.74, 6) is 1.12. The summed E-state index contributed by atoms with van der Waals surface area (Å²) in [6.07, 6.45) is 2.07. The van der Waals surface area contributed by atoms with E-state index < -0.39 is 11.9 Å². The first-order valence-corrected chi connectivity index (χ1v) is 12.6. The molecule has 0 bridgehead atoms. The number of benzene rings is 1. The number of hydrogen-bond acceptors (Lipinski definition) is 5. The van der Waals surface area contributed by atoms with E-state index in [-0.39, 0.29) is 11.9 Å². The smallest absolute Gasteiger partial charge is 0.333 e. The van der Waals surface area contributed by atoms with Crippen LogP contribution in [0.5, 0.6) is 0 Å². The van der Waals surface area contributed by atoms with E-state index in [1.807, 2.05) is 36.9 Å². The molecular formula is C26H24ClF3N8. The Labute approximate surface area is 221 Å². The average Bonchev–Trinajstić information content (AvgIpc) is 3.37. The topological polar surface area (TPSA) is 79.2 Å². The number of alkyl halides is 3. The number of halogens is 4. The largest absolute Gasteiger partial charge is 0.434 e. The van der Waals surface area contributed by atoms with E-state index in [0.717, 1.165) is 35.7 Å². The van der Waals surface area contributed by atoms with Crippen LogP contribution in [0.25, 0.3) is 33.9 Å². The lowest BCUT2D eigenvalue weighted by molar-refractivity contribution is -0.140. The van der Waals surface area contributed by atoms with Gasteiger partial charge in [0.25, 0.3) is 0 Å². The summed E-state index contributed by atoms with van der Waals surface area (Å²) in [4.78, 5) is 13.3. The Hall–Kier alpha value is -3.73. The van der Waals surface area contributed by atoms with Crippen molar-refractivity contribution in [2.24, 2.45) is 7.05 Å². The fraction of sp³-hybridized carbons (Fsp3) is 0.346. The fourth-order valence-electron chi connectivity index (χ4n) is 4.61. The second-order valence-electron chi connectivity index (χ2n) is 9.88. The summed E-state index contributed by atoms with van der Waals surface area (Å²) in [5.41, 5.74) is 2.95. The average molecular weight is 541 g/mol. The zero-order chi connectivity index (χ0) is 26.8. The lowest BCUT2D eigenvalue weighted by Crippen LogP contribution is -2.08. The van der Waals surface area contributed by atoms with Gasteiger partial charge >= 0.3 is 6.18 Å². The predicted molar refractivity (Wildman–Crippen MR) is 137 cm³/mol. The Morgan fingerprint density at radius 1 is 1.08 bits per heavy atom. The van der Waals surface area contributed by atoms with Crippen LogP contribution < -0.4 is 0 Å². The van der Waals surface area contributed by atoms with Crippen LogP contribution in [0.3, 0.4) is 0 Å². The van der Waals surface area contributed by atoms with Crippen LogP contribution in [0.2, 0.25) is 5.02 Å². The summed E-state index contributed by atoms with van der Waals surface area (Å²) >= 11 is 6.46. The van der Waals surface area contributed by atoms with Crippen molar-refractivity contribution in [2.45, 2.75) is 51.4 Å². The number of fused-ring (bicyclic) bond motifs is 1. The van der Waals surface area contributed by atoms with E-state index >= 15 is 0 Å². The molecule has 8 nitrogen and oxygen atoms in total. The predicted octanol–water partition coefficient (Wildman–Crippen LogP) is 6.27.